The number of nitrogens with one attached hydrogen (secondary N) is 1. The average Bonchev–Trinajstić information content (AvgIpc) is 2.43. The van der Waals surface area contributed by atoms with Crippen LogP contribution in [0.2, 0.25) is 0 Å². The standard InChI is InChI=1S/C16H18N2O2/c1-11-7-8-14(12(2)10-11)20-13(3)16(19)18-15-6-4-5-9-17-15/h4-10,13H,1-3H3,(H,17,18,19)/t13-/m1/s1. The summed E-state index contributed by atoms with van der Waals surface area (Å²) in [7, 11) is 0. The molecule has 1 aromatic carbocycles. The highest BCUT2D eigenvalue weighted by molar-refractivity contribution is 5.93. The largest absolute Gasteiger partial charge is 0.481 e. The Kier molecular flexibility index (Phi) is 4.35. The van der Waals surface area contributed by atoms with Crippen molar-refractivity contribution in [3.63, 3.8) is 0 Å². The van der Waals surface area contributed by atoms with E-state index in [0.717, 1.165) is 11.3 Å². The molecule has 0 fully saturated rings. The lowest BCUT2D eigenvalue weighted by molar-refractivity contribution is -0.122. The van der Waals surface area contributed by atoms with E-state index in [1.807, 2.05) is 38.1 Å². The minimum Gasteiger partial charge on any atom is -0.481 e. The first kappa shape index (κ1) is 14.1. The predicted molar refractivity (Wildman–Crippen MR) is 78.9 cm³/mol. The van der Waals surface area contributed by atoms with Crippen LogP contribution in [0.3, 0.4) is 0 Å². The Balaban J connectivity index is 2.00. The van der Waals surface area contributed by atoms with E-state index < -0.39 is 6.10 Å². The number of hydrogen-bond acceptors (Lipinski definition) is 3. The van der Waals surface area contributed by atoms with Gasteiger partial charge in [0, 0.05) is 6.20 Å². The summed E-state index contributed by atoms with van der Waals surface area (Å²) >= 11 is 0. The minimum atomic E-state index is -0.585. The zero-order chi connectivity index (χ0) is 14.5. The topological polar surface area (TPSA) is 51.2 Å². The number of nitrogens with zero attached hydrogens (tertiary/aromatic N) is 1. The molecule has 0 aliphatic heterocycles. The molecule has 2 aromatic rings. The molecular formula is C16H18N2O2. The number of aromatic nitrogens is 1. The number of pyridine rings is 1. The molecule has 20 heavy (non-hydrogen) atoms. The molecule has 1 amide bonds. The van der Waals surface area contributed by atoms with Gasteiger partial charge in [-0.1, -0.05) is 23.8 Å². The maximum atomic E-state index is 12.0. The number of hydrogen-bond donors (Lipinski definition) is 1. The lowest BCUT2D eigenvalue weighted by Crippen LogP contribution is -2.30. The van der Waals surface area contributed by atoms with Crippen LogP contribution < -0.4 is 10.1 Å². The Hall–Kier alpha value is -2.36. The number of ether oxygens (including phenoxy) is 1. The van der Waals surface area contributed by atoms with Gasteiger partial charge in [0.2, 0.25) is 0 Å². The summed E-state index contributed by atoms with van der Waals surface area (Å²) in [5, 5.41) is 2.72. The Labute approximate surface area is 118 Å². The van der Waals surface area contributed by atoms with Crippen molar-refractivity contribution >= 4 is 11.7 Å². The van der Waals surface area contributed by atoms with Crippen LogP contribution in [-0.2, 0) is 4.79 Å². The van der Waals surface area contributed by atoms with Gasteiger partial charge in [0.25, 0.3) is 5.91 Å². The molecule has 4 heteroatoms. The molecule has 1 aromatic heterocycles. The van der Waals surface area contributed by atoms with Gasteiger partial charge in [-0.3, -0.25) is 4.79 Å². The summed E-state index contributed by atoms with van der Waals surface area (Å²) in [6.07, 6.45) is 1.05. The van der Waals surface area contributed by atoms with Crippen molar-refractivity contribution in [1.29, 1.82) is 0 Å². The van der Waals surface area contributed by atoms with Crippen molar-refractivity contribution in [2.75, 3.05) is 5.32 Å². The highest BCUT2D eigenvalue weighted by Crippen LogP contribution is 2.20. The quantitative estimate of drug-likeness (QED) is 0.928. The highest BCUT2D eigenvalue weighted by Gasteiger charge is 2.16. The zero-order valence-corrected chi connectivity index (χ0v) is 11.9. The van der Waals surface area contributed by atoms with Gasteiger partial charge >= 0.3 is 0 Å². The number of carbonyl (C=O) groups is 1. The van der Waals surface area contributed by atoms with Crippen LogP contribution >= 0.6 is 0 Å². The normalized spacial score (nSPS) is 11.8. The summed E-state index contributed by atoms with van der Waals surface area (Å²) in [6.45, 7) is 5.71. The number of benzene rings is 1. The first-order valence-corrected chi connectivity index (χ1v) is 6.52. The van der Waals surface area contributed by atoms with Crippen LogP contribution in [0.25, 0.3) is 0 Å². The summed E-state index contributed by atoms with van der Waals surface area (Å²) in [4.78, 5) is 16.1. The average molecular weight is 270 g/mol. The first-order valence-electron chi connectivity index (χ1n) is 6.52. The fourth-order valence-electron chi connectivity index (χ4n) is 1.84. The van der Waals surface area contributed by atoms with Gasteiger partial charge in [0.15, 0.2) is 6.10 Å². The van der Waals surface area contributed by atoms with Crippen LogP contribution in [0.5, 0.6) is 5.75 Å². The SMILES string of the molecule is Cc1ccc(O[C@H](C)C(=O)Nc2ccccn2)c(C)c1. The van der Waals surface area contributed by atoms with E-state index in [1.54, 1.807) is 25.3 Å². The third-order valence-corrected chi connectivity index (χ3v) is 2.92. The molecule has 0 spiro atoms. The summed E-state index contributed by atoms with van der Waals surface area (Å²) < 4.78 is 5.69. The molecule has 0 saturated carbocycles. The smallest absolute Gasteiger partial charge is 0.266 e. The van der Waals surface area contributed by atoms with Crippen LogP contribution in [0, 0.1) is 13.8 Å². The van der Waals surface area contributed by atoms with E-state index in [4.69, 9.17) is 4.74 Å². The van der Waals surface area contributed by atoms with Crippen molar-refractivity contribution in [3.8, 4) is 5.75 Å². The van der Waals surface area contributed by atoms with E-state index >= 15 is 0 Å². The number of rotatable bonds is 4. The van der Waals surface area contributed by atoms with Gasteiger partial charge in [-0.05, 0) is 44.5 Å². The van der Waals surface area contributed by atoms with Crippen LogP contribution in [0.1, 0.15) is 18.1 Å². The van der Waals surface area contributed by atoms with Gasteiger partial charge in [-0.2, -0.15) is 0 Å². The van der Waals surface area contributed by atoms with E-state index in [-0.39, 0.29) is 5.91 Å². The summed E-state index contributed by atoms with van der Waals surface area (Å²) in [6, 6.07) is 11.2. The van der Waals surface area contributed by atoms with Crippen molar-refractivity contribution in [3.05, 3.63) is 53.7 Å². The Morgan fingerprint density at radius 2 is 2.05 bits per heavy atom. The van der Waals surface area contributed by atoms with Crippen molar-refractivity contribution in [2.45, 2.75) is 26.9 Å². The Morgan fingerprint density at radius 1 is 1.25 bits per heavy atom. The van der Waals surface area contributed by atoms with E-state index in [0.29, 0.717) is 5.82 Å². The molecule has 0 aliphatic rings. The maximum absolute atomic E-state index is 12.0. The highest BCUT2D eigenvalue weighted by atomic mass is 16.5. The van der Waals surface area contributed by atoms with E-state index in [9.17, 15) is 4.79 Å². The second-order valence-electron chi connectivity index (χ2n) is 4.73. The molecule has 1 N–H and O–H groups in total. The minimum absolute atomic E-state index is 0.219. The summed E-state index contributed by atoms with van der Waals surface area (Å²) in [5.41, 5.74) is 2.18. The van der Waals surface area contributed by atoms with Gasteiger partial charge in [-0.25, -0.2) is 4.98 Å². The van der Waals surface area contributed by atoms with E-state index in [1.165, 1.54) is 5.56 Å². The molecule has 1 atom stereocenters. The molecule has 0 saturated heterocycles. The first-order chi connectivity index (χ1) is 9.56. The van der Waals surface area contributed by atoms with Crippen molar-refractivity contribution in [2.24, 2.45) is 0 Å². The lowest BCUT2D eigenvalue weighted by Gasteiger charge is -2.16. The summed E-state index contributed by atoms with van der Waals surface area (Å²) in [5.74, 6) is 1.02. The second-order valence-corrected chi connectivity index (χ2v) is 4.73. The van der Waals surface area contributed by atoms with Gasteiger partial charge in [-0.15, -0.1) is 0 Å². The van der Waals surface area contributed by atoms with Gasteiger partial charge in [0.05, 0.1) is 0 Å². The fraction of sp³-hybridized carbons (Fsp3) is 0.250. The van der Waals surface area contributed by atoms with Crippen LogP contribution in [0.4, 0.5) is 5.82 Å². The van der Waals surface area contributed by atoms with Crippen molar-refractivity contribution in [1.82, 2.24) is 4.98 Å². The van der Waals surface area contributed by atoms with Gasteiger partial charge < -0.3 is 10.1 Å². The number of aryl methyl sites for hydroxylation is 2. The molecular weight excluding hydrogens is 252 g/mol. The number of anilines is 1. The molecule has 104 valence electrons. The Bertz CT molecular complexity index is 597. The number of carbonyl (C=O) groups excluding carboxylic acids is 1. The monoisotopic (exact) mass is 270 g/mol. The molecule has 2 rings (SSSR count). The third-order valence-electron chi connectivity index (χ3n) is 2.92. The fourth-order valence-corrected chi connectivity index (χ4v) is 1.84. The molecule has 0 unspecified atom stereocenters. The second kappa shape index (κ2) is 6.19. The molecule has 0 bridgehead atoms. The third kappa shape index (κ3) is 3.57. The molecule has 0 radical (unpaired) electrons. The predicted octanol–water partition coefficient (Wildman–Crippen LogP) is 3.10. The van der Waals surface area contributed by atoms with E-state index in [2.05, 4.69) is 10.3 Å². The molecule has 4 nitrogen and oxygen atoms in total. The Morgan fingerprint density at radius 3 is 2.70 bits per heavy atom. The molecule has 0 aliphatic carbocycles. The lowest BCUT2D eigenvalue weighted by atomic mass is 10.1. The van der Waals surface area contributed by atoms with Crippen molar-refractivity contribution < 1.29 is 9.53 Å². The maximum Gasteiger partial charge on any atom is 0.266 e. The number of amides is 1. The van der Waals surface area contributed by atoms with Gasteiger partial charge in [0.1, 0.15) is 11.6 Å². The molecule has 1 heterocycles. The zero-order valence-electron chi connectivity index (χ0n) is 11.9. The van der Waals surface area contributed by atoms with Crippen LogP contribution in [0.15, 0.2) is 42.6 Å². The van der Waals surface area contributed by atoms with Crippen LogP contribution in [-0.4, -0.2) is 17.0 Å².